The van der Waals surface area contributed by atoms with Crippen molar-refractivity contribution in [1.29, 1.82) is 0 Å². The number of rotatable bonds is 4. The Morgan fingerprint density at radius 2 is 2.22 bits per heavy atom. The van der Waals surface area contributed by atoms with Crippen LogP contribution in [0.15, 0.2) is 35.2 Å². The first-order chi connectivity index (χ1) is 8.86. The van der Waals surface area contributed by atoms with Crippen LogP contribution in [0, 0.1) is 0 Å². The van der Waals surface area contributed by atoms with E-state index in [4.69, 9.17) is 4.98 Å². The molecule has 92 valence electrons. The molecule has 3 aromatic rings. The topological polar surface area (TPSA) is 37.8 Å². The zero-order chi connectivity index (χ0) is 12.4. The lowest BCUT2D eigenvalue weighted by Crippen LogP contribution is -2.18. The summed E-state index contributed by atoms with van der Waals surface area (Å²) in [6, 6.07) is 8.50. The molecule has 3 rings (SSSR count). The zero-order valence-electron chi connectivity index (χ0n) is 9.96. The number of nitrogens with one attached hydrogen (secondary N) is 1. The number of hydrogen-bond acceptors (Lipinski definition) is 5. The third kappa shape index (κ3) is 2.29. The molecule has 1 atom stereocenters. The Morgan fingerprint density at radius 1 is 1.33 bits per heavy atom. The quantitative estimate of drug-likeness (QED) is 0.794. The van der Waals surface area contributed by atoms with Gasteiger partial charge in [0.25, 0.3) is 0 Å². The van der Waals surface area contributed by atoms with Crippen LogP contribution in [-0.4, -0.2) is 17.0 Å². The minimum absolute atomic E-state index is 0.240. The molecule has 0 aliphatic heterocycles. The van der Waals surface area contributed by atoms with Gasteiger partial charge in [-0.15, -0.1) is 22.7 Å². The fraction of sp³-hybridized carbons (Fsp3) is 0.231. The summed E-state index contributed by atoms with van der Waals surface area (Å²) >= 11 is 3.39. The van der Waals surface area contributed by atoms with E-state index < -0.39 is 0 Å². The van der Waals surface area contributed by atoms with E-state index in [0.29, 0.717) is 0 Å². The standard InChI is InChI=1S/C13H13N3S2/c1-14-11(6-9-7-17-8-15-9)13-16-10-4-2-3-5-12(10)18-13/h2-5,7-8,11,14H,6H2,1H3. The van der Waals surface area contributed by atoms with Gasteiger partial charge >= 0.3 is 0 Å². The van der Waals surface area contributed by atoms with Crippen molar-refractivity contribution in [2.75, 3.05) is 7.05 Å². The number of likely N-dealkylation sites (N-methyl/N-ethyl adjacent to an activating group) is 1. The second kappa shape index (κ2) is 5.14. The molecular weight excluding hydrogens is 262 g/mol. The van der Waals surface area contributed by atoms with Gasteiger partial charge in [0.15, 0.2) is 0 Å². The summed E-state index contributed by atoms with van der Waals surface area (Å²) in [5.41, 5.74) is 4.08. The Labute approximate surface area is 114 Å². The minimum Gasteiger partial charge on any atom is -0.311 e. The number of aromatic nitrogens is 2. The molecule has 0 fully saturated rings. The fourth-order valence-corrected chi connectivity index (χ4v) is 3.55. The van der Waals surface area contributed by atoms with Gasteiger partial charge < -0.3 is 5.32 Å². The number of nitrogens with zero attached hydrogens (tertiary/aromatic N) is 2. The SMILES string of the molecule is CNC(Cc1cscn1)c1nc2ccccc2s1. The molecule has 18 heavy (non-hydrogen) atoms. The van der Waals surface area contributed by atoms with E-state index in [1.165, 1.54) is 4.70 Å². The summed E-state index contributed by atoms with van der Waals surface area (Å²) in [4.78, 5) is 9.03. The molecule has 1 unspecified atom stereocenters. The average molecular weight is 275 g/mol. The molecule has 3 nitrogen and oxygen atoms in total. The Kier molecular flexibility index (Phi) is 3.36. The normalized spacial score (nSPS) is 12.9. The molecule has 0 spiro atoms. The third-order valence-electron chi connectivity index (χ3n) is 2.85. The Bertz CT molecular complexity index is 598. The second-order valence-corrected chi connectivity index (χ2v) is 5.83. The molecule has 1 aromatic carbocycles. The molecule has 5 heteroatoms. The Hall–Kier alpha value is -1.30. The molecule has 2 heterocycles. The van der Waals surface area contributed by atoms with Gasteiger partial charge in [-0.3, -0.25) is 0 Å². The summed E-state index contributed by atoms with van der Waals surface area (Å²) in [6.07, 6.45) is 0.889. The van der Waals surface area contributed by atoms with Crippen molar-refractivity contribution >= 4 is 32.9 Å². The highest BCUT2D eigenvalue weighted by molar-refractivity contribution is 7.18. The lowest BCUT2D eigenvalue weighted by Gasteiger charge is -2.11. The van der Waals surface area contributed by atoms with Crippen molar-refractivity contribution in [3.63, 3.8) is 0 Å². The van der Waals surface area contributed by atoms with Crippen LogP contribution in [0.1, 0.15) is 16.7 Å². The maximum atomic E-state index is 4.70. The van der Waals surface area contributed by atoms with E-state index in [2.05, 4.69) is 33.9 Å². The van der Waals surface area contributed by atoms with E-state index in [1.807, 2.05) is 18.6 Å². The number of para-hydroxylation sites is 1. The fourth-order valence-electron chi connectivity index (χ4n) is 1.90. The maximum Gasteiger partial charge on any atom is 0.111 e. The van der Waals surface area contributed by atoms with Crippen molar-refractivity contribution < 1.29 is 0 Å². The molecule has 0 bridgehead atoms. The van der Waals surface area contributed by atoms with E-state index in [-0.39, 0.29) is 6.04 Å². The van der Waals surface area contributed by atoms with Crippen LogP contribution in [0.3, 0.4) is 0 Å². The number of fused-ring (bicyclic) bond motifs is 1. The highest BCUT2D eigenvalue weighted by atomic mass is 32.1. The van der Waals surface area contributed by atoms with Crippen LogP contribution in [0.5, 0.6) is 0 Å². The van der Waals surface area contributed by atoms with Gasteiger partial charge in [0, 0.05) is 11.8 Å². The van der Waals surface area contributed by atoms with Gasteiger partial charge in [0.2, 0.25) is 0 Å². The Morgan fingerprint density at radius 3 is 2.94 bits per heavy atom. The summed E-state index contributed by atoms with van der Waals surface area (Å²) in [7, 11) is 1.98. The summed E-state index contributed by atoms with van der Waals surface area (Å²) in [5, 5.41) is 6.56. The first kappa shape index (κ1) is 11.8. The van der Waals surface area contributed by atoms with E-state index in [1.54, 1.807) is 22.7 Å². The predicted molar refractivity (Wildman–Crippen MR) is 77.2 cm³/mol. The van der Waals surface area contributed by atoms with Crippen molar-refractivity contribution in [2.45, 2.75) is 12.5 Å². The molecular formula is C13H13N3S2. The van der Waals surface area contributed by atoms with Crippen molar-refractivity contribution in [1.82, 2.24) is 15.3 Å². The molecule has 0 radical (unpaired) electrons. The third-order valence-corrected chi connectivity index (χ3v) is 4.64. The minimum atomic E-state index is 0.240. The van der Waals surface area contributed by atoms with Gasteiger partial charge in [-0.2, -0.15) is 0 Å². The first-order valence-electron chi connectivity index (χ1n) is 5.76. The van der Waals surface area contributed by atoms with Crippen molar-refractivity contribution in [3.05, 3.63) is 45.9 Å². The first-order valence-corrected chi connectivity index (χ1v) is 7.52. The van der Waals surface area contributed by atoms with Crippen LogP contribution in [0.2, 0.25) is 0 Å². The predicted octanol–water partition coefficient (Wildman–Crippen LogP) is 3.26. The summed E-state index contributed by atoms with van der Waals surface area (Å²) in [5.74, 6) is 0. The smallest absolute Gasteiger partial charge is 0.111 e. The van der Waals surface area contributed by atoms with Gasteiger partial charge in [0.1, 0.15) is 5.01 Å². The van der Waals surface area contributed by atoms with Gasteiger partial charge in [0.05, 0.1) is 27.5 Å². The monoisotopic (exact) mass is 275 g/mol. The average Bonchev–Trinajstić information content (AvgIpc) is 3.04. The zero-order valence-corrected chi connectivity index (χ0v) is 11.6. The molecule has 0 amide bonds. The van der Waals surface area contributed by atoms with E-state index in [0.717, 1.165) is 22.6 Å². The van der Waals surface area contributed by atoms with E-state index in [9.17, 15) is 0 Å². The highest BCUT2D eigenvalue weighted by Crippen LogP contribution is 2.27. The van der Waals surface area contributed by atoms with Gasteiger partial charge in [-0.25, -0.2) is 9.97 Å². The van der Waals surface area contributed by atoms with Crippen LogP contribution in [0.25, 0.3) is 10.2 Å². The lowest BCUT2D eigenvalue weighted by atomic mass is 10.2. The van der Waals surface area contributed by atoms with E-state index >= 15 is 0 Å². The number of benzene rings is 1. The Balaban J connectivity index is 1.90. The van der Waals surface area contributed by atoms with Crippen molar-refractivity contribution in [3.8, 4) is 0 Å². The molecule has 0 aliphatic carbocycles. The summed E-state index contributed by atoms with van der Waals surface area (Å²) < 4.78 is 1.24. The number of hydrogen-bond donors (Lipinski definition) is 1. The summed E-state index contributed by atoms with van der Waals surface area (Å²) in [6.45, 7) is 0. The van der Waals surface area contributed by atoms with Crippen LogP contribution in [-0.2, 0) is 6.42 Å². The van der Waals surface area contributed by atoms with Crippen LogP contribution >= 0.6 is 22.7 Å². The maximum absolute atomic E-state index is 4.70. The molecule has 1 N–H and O–H groups in total. The van der Waals surface area contributed by atoms with Crippen LogP contribution in [0.4, 0.5) is 0 Å². The van der Waals surface area contributed by atoms with Crippen LogP contribution < -0.4 is 5.32 Å². The van der Waals surface area contributed by atoms with Crippen molar-refractivity contribution in [2.24, 2.45) is 0 Å². The second-order valence-electron chi connectivity index (χ2n) is 4.04. The molecule has 0 saturated carbocycles. The lowest BCUT2D eigenvalue weighted by molar-refractivity contribution is 0.583. The largest absolute Gasteiger partial charge is 0.311 e. The van der Waals surface area contributed by atoms with Gasteiger partial charge in [-0.1, -0.05) is 12.1 Å². The molecule has 2 aromatic heterocycles. The van der Waals surface area contributed by atoms with Gasteiger partial charge in [-0.05, 0) is 19.2 Å². The number of thiazole rings is 2. The molecule has 0 saturated heterocycles. The highest BCUT2D eigenvalue weighted by Gasteiger charge is 2.15. The molecule has 0 aliphatic rings.